The first-order valence-corrected chi connectivity index (χ1v) is 11.3. The van der Waals surface area contributed by atoms with Crippen LogP contribution < -0.4 is 20.7 Å². The number of benzene rings is 1. The van der Waals surface area contributed by atoms with Crippen LogP contribution in [0.15, 0.2) is 46.8 Å². The highest BCUT2D eigenvalue weighted by molar-refractivity contribution is 14.0. The summed E-state index contributed by atoms with van der Waals surface area (Å²) in [5.74, 6) is 1.47. The lowest BCUT2D eigenvalue weighted by atomic mass is 9.91. The van der Waals surface area contributed by atoms with Crippen molar-refractivity contribution in [2.24, 2.45) is 4.99 Å². The van der Waals surface area contributed by atoms with Gasteiger partial charge < -0.3 is 20.7 Å². The Morgan fingerprint density at radius 1 is 1.19 bits per heavy atom. The van der Waals surface area contributed by atoms with Gasteiger partial charge in [-0.05, 0) is 48.4 Å². The van der Waals surface area contributed by atoms with Gasteiger partial charge in [0.05, 0.1) is 0 Å². The Morgan fingerprint density at radius 3 is 2.55 bits per heavy atom. The van der Waals surface area contributed by atoms with E-state index >= 15 is 0 Å². The largest absolute Gasteiger partial charge is 0.484 e. The fraction of sp³-hybridized carbons (Fsp3) is 0.478. The minimum absolute atomic E-state index is 0. The zero-order valence-electron chi connectivity index (χ0n) is 18.4. The molecule has 1 aliphatic rings. The number of hydrogen-bond donors (Lipinski definition) is 3. The lowest BCUT2D eigenvalue weighted by molar-refractivity contribution is -0.123. The molecule has 6 nitrogen and oxygen atoms in total. The minimum Gasteiger partial charge on any atom is -0.484 e. The molecule has 3 rings (SSSR count). The van der Waals surface area contributed by atoms with E-state index in [2.05, 4.69) is 52.3 Å². The Morgan fingerprint density at radius 2 is 1.94 bits per heavy atom. The molecule has 1 saturated carbocycles. The summed E-state index contributed by atoms with van der Waals surface area (Å²) in [4.78, 5) is 17.4. The molecule has 0 unspecified atom stereocenters. The number of rotatable bonds is 10. The summed E-state index contributed by atoms with van der Waals surface area (Å²) in [5, 5.41) is 11.8. The van der Waals surface area contributed by atoms with E-state index in [0.29, 0.717) is 11.8 Å². The van der Waals surface area contributed by atoms with E-state index in [1.165, 1.54) is 10.4 Å². The van der Waals surface area contributed by atoms with Crippen LogP contribution in [0.1, 0.15) is 37.1 Å². The van der Waals surface area contributed by atoms with Crippen LogP contribution >= 0.6 is 35.3 Å². The molecule has 1 fully saturated rings. The molecule has 1 aliphatic carbocycles. The molecular weight excluding hydrogens is 523 g/mol. The van der Waals surface area contributed by atoms with Crippen molar-refractivity contribution >= 4 is 47.2 Å². The van der Waals surface area contributed by atoms with Gasteiger partial charge in [-0.15, -0.1) is 35.3 Å². The molecule has 1 heterocycles. The van der Waals surface area contributed by atoms with Crippen LogP contribution in [-0.4, -0.2) is 44.7 Å². The molecule has 0 spiro atoms. The van der Waals surface area contributed by atoms with Crippen molar-refractivity contribution in [1.82, 2.24) is 16.0 Å². The summed E-state index contributed by atoms with van der Waals surface area (Å²) < 4.78 is 5.55. The van der Waals surface area contributed by atoms with Crippen LogP contribution in [-0.2, 0) is 16.6 Å². The minimum atomic E-state index is -0.0492. The molecule has 1 aromatic carbocycles. The van der Waals surface area contributed by atoms with Crippen molar-refractivity contribution in [3.05, 3.63) is 52.2 Å². The number of nitrogens with zero attached hydrogens (tertiary/aromatic N) is 1. The SMILES string of the molecule is CN=C(NCCc1ccc(OCC(=O)NC2CC2)cc1)NCC(C)(C)c1cccs1.I. The van der Waals surface area contributed by atoms with Crippen molar-refractivity contribution in [3.63, 3.8) is 0 Å². The predicted octanol–water partition coefficient (Wildman–Crippen LogP) is 3.71. The summed E-state index contributed by atoms with van der Waals surface area (Å²) in [6.45, 7) is 6.13. The van der Waals surface area contributed by atoms with Gasteiger partial charge in [-0.1, -0.05) is 32.0 Å². The molecule has 0 atom stereocenters. The van der Waals surface area contributed by atoms with Crippen molar-refractivity contribution in [1.29, 1.82) is 0 Å². The highest BCUT2D eigenvalue weighted by Gasteiger charge is 2.23. The first kappa shape index (κ1) is 25.5. The topological polar surface area (TPSA) is 74.8 Å². The summed E-state index contributed by atoms with van der Waals surface area (Å²) >= 11 is 1.78. The van der Waals surface area contributed by atoms with Gasteiger partial charge in [0, 0.05) is 36.5 Å². The number of halogens is 1. The number of thiophene rings is 1. The number of hydrogen-bond acceptors (Lipinski definition) is 4. The van der Waals surface area contributed by atoms with Gasteiger partial charge in [0.2, 0.25) is 0 Å². The lowest BCUT2D eigenvalue weighted by Gasteiger charge is -2.25. The van der Waals surface area contributed by atoms with Crippen molar-refractivity contribution in [2.75, 3.05) is 26.7 Å². The van der Waals surface area contributed by atoms with E-state index in [1.807, 2.05) is 24.3 Å². The molecule has 3 N–H and O–H groups in total. The molecule has 0 saturated heterocycles. The Kier molecular flexibility index (Phi) is 10.1. The van der Waals surface area contributed by atoms with E-state index in [4.69, 9.17) is 4.74 Å². The van der Waals surface area contributed by atoms with Crippen LogP contribution in [0.3, 0.4) is 0 Å². The van der Waals surface area contributed by atoms with Crippen LogP contribution in [0.5, 0.6) is 5.75 Å². The molecule has 170 valence electrons. The Bertz CT molecular complexity index is 834. The first-order valence-electron chi connectivity index (χ1n) is 10.5. The normalized spacial score (nSPS) is 13.8. The summed E-state index contributed by atoms with van der Waals surface area (Å²) in [6.07, 6.45) is 3.04. The maximum absolute atomic E-state index is 11.7. The van der Waals surface area contributed by atoms with Crippen molar-refractivity contribution in [3.8, 4) is 5.75 Å². The smallest absolute Gasteiger partial charge is 0.258 e. The van der Waals surface area contributed by atoms with Crippen molar-refractivity contribution in [2.45, 2.75) is 44.6 Å². The number of ether oxygens (including phenoxy) is 1. The summed E-state index contributed by atoms with van der Waals surface area (Å²) in [7, 11) is 1.79. The Balaban J connectivity index is 0.00000341. The van der Waals surface area contributed by atoms with E-state index in [0.717, 1.165) is 38.3 Å². The number of carbonyl (C=O) groups excluding carboxylic acids is 1. The molecule has 1 aromatic heterocycles. The van der Waals surface area contributed by atoms with Crippen LogP contribution in [0, 0.1) is 0 Å². The molecule has 0 aliphatic heterocycles. The molecule has 0 bridgehead atoms. The monoisotopic (exact) mass is 556 g/mol. The van der Waals surface area contributed by atoms with Crippen LogP contribution in [0.25, 0.3) is 0 Å². The van der Waals surface area contributed by atoms with Crippen LogP contribution in [0.2, 0.25) is 0 Å². The quantitative estimate of drug-likeness (QED) is 0.237. The standard InChI is InChI=1S/C23H32N4O2S.HI/c1-23(2,20-5-4-14-30-20)16-26-22(24-3)25-13-12-17-6-10-19(11-7-17)29-15-21(28)27-18-8-9-18;/h4-7,10-11,14,18H,8-9,12-13,15-16H2,1-3H3,(H,27,28)(H2,24,25,26);1H. The van der Waals surface area contributed by atoms with Gasteiger partial charge in [-0.25, -0.2) is 0 Å². The summed E-state index contributed by atoms with van der Waals surface area (Å²) in [6, 6.07) is 12.5. The molecule has 1 amide bonds. The predicted molar refractivity (Wildman–Crippen MR) is 139 cm³/mol. The van der Waals surface area contributed by atoms with E-state index in [-0.39, 0.29) is 41.9 Å². The van der Waals surface area contributed by atoms with Crippen LogP contribution in [0.4, 0.5) is 0 Å². The van der Waals surface area contributed by atoms with E-state index < -0.39 is 0 Å². The van der Waals surface area contributed by atoms with Gasteiger partial charge >= 0.3 is 0 Å². The number of amides is 1. The maximum Gasteiger partial charge on any atom is 0.258 e. The fourth-order valence-corrected chi connectivity index (χ4v) is 3.85. The highest BCUT2D eigenvalue weighted by Crippen LogP contribution is 2.26. The van der Waals surface area contributed by atoms with E-state index in [1.54, 1.807) is 18.4 Å². The second-order valence-electron chi connectivity index (χ2n) is 8.24. The third-order valence-electron chi connectivity index (χ3n) is 5.05. The Labute approximate surface area is 206 Å². The number of nitrogens with one attached hydrogen (secondary N) is 3. The number of guanidine groups is 1. The third-order valence-corrected chi connectivity index (χ3v) is 6.29. The van der Waals surface area contributed by atoms with Gasteiger partial charge in [0.1, 0.15) is 5.75 Å². The zero-order chi connectivity index (χ0) is 21.4. The maximum atomic E-state index is 11.7. The van der Waals surface area contributed by atoms with Gasteiger partial charge in [0.25, 0.3) is 5.91 Å². The molecule has 2 aromatic rings. The molecule has 8 heteroatoms. The third kappa shape index (κ3) is 8.68. The average molecular weight is 557 g/mol. The first-order chi connectivity index (χ1) is 14.5. The zero-order valence-corrected chi connectivity index (χ0v) is 21.6. The second-order valence-corrected chi connectivity index (χ2v) is 9.19. The molecule has 0 radical (unpaired) electrons. The average Bonchev–Trinajstić information content (AvgIpc) is 3.36. The highest BCUT2D eigenvalue weighted by atomic mass is 127. The number of aliphatic imine (C=N–C) groups is 1. The Hall–Kier alpha value is -1.81. The van der Waals surface area contributed by atoms with Gasteiger partial charge in [0.15, 0.2) is 12.6 Å². The number of carbonyl (C=O) groups is 1. The lowest BCUT2D eigenvalue weighted by Crippen LogP contribution is -2.43. The summed E-state index contributed by atoms with van der Waals surface area (Å²) in [5.41, 5.74) is 1.25. The second kappa shape index (κ2) is 12.3. The van der Waals surface area contributed by atoms with Gasteiger partial charge in [-0.3, -0.25) is 9.79 Å². The van der Waals surface area contributed by atoms with E-state index in [9.17, 15) is 4.79 Å². The molecular formula is C23H33IN4O2S. The van der Waals surface area contributed by atoms with Gasteiger partial charge in [-0.2, -0.15) is 0 Å². The van der Waals surface area contributed by atoms with Crippen molar-refractivity contribution < 1.29 is 9.53 Å². The molecule has 31 heavy (non-hydrogen) atoms. The fourth-order valence-electron chi connectivity index (χ4n) is 3.00.